The van der Waals surface area contributed by atoms with Crippen LogP contribution in [0.25, 0.3) is 0 Å². The molecule has 6 aromatic carbocycles. The summed E-state index contributed by atoms with van der Waals surface area (Å²) in [5.74, 6) is -6.66. The molecule has 0 aromatic heterocycles. The number of amides is 5. The van der Waals surface area contributed by atoms with Crippen LogP contribution < -0.4 is 64.2 Å². The predicted molar refractivity (Wildman–Crippen MR) is 451 cm³/mol. The number of hydrogen-bond donors (Lipinski definition) is 20. The molecule has 36 nitrogen and oxygen atoms in total. The van der Waals surface area contributed by atoms with Gasteiger partial charge >= 0.3 is 36.2 Å². The van der Waals surface area contributed by atoms with E-state index in [2.05, 4.69) is 73.5 Å². The Morgan fingerprint density at radius 3 is 1.02 bits per heavy atom. The SMILES string of the molecule is CCOC(=O)CC(NC(=O)CNC(=O)c1cc(O)cc(NC2=NCC(F)CN2)c1)c1cc(Cl)cc(C)c1O.CCOC(=O)C[C@H](NC(=O)CN)c1cc(Cl)cc(C)c1O.Cc1cc(Cl)cc(C(CC(=O)O)NC(=O)CNC(=O)c2cc(O)cc(NC3=NCC(F)CN3)c2)c1O.Cl.Cl.O=C(O)c1cc(O)cc(NC2=NCC(F)CN2)c1.O=CC(F)(F)F.O=CC(F)(F)F. The Balaban J connectivity index is 0.000000564. The van der Waals surface area contributed by atoms with Gasteiger partial charge in [-0.15, -0.1) is 24.8 Å². The number of phenols is 6. The third kappa shape index (κ3) is 40.9. The molecule has 5 unspecified atom stereocenters. The summed E-state index contributed by atoms with van der Waals surface area (Å²) >= 11 is 18.1. The lowest BCUT2D eigenvalue weighted by atomic mass is 9.99. The van der Waals surface area contributed by atoms with E-state index >= 15 is 0 Å². The number of nitrogens with zero attached hydrogens (tertiary/aromatic N) is 3. The number of aryl methyl sites for hydroxylation is 3. The third-order valence-corrected chi connectivity index (χ3v) is 16.8. The number of aliphatic carboxylic acids is 1. The number of carboxylic acid groups (broad SMARTS) is 2. The molecule has 9 rings (SSSR count). The highest BCUT2D eigenvalue weighted by molar-refractivity contribution is 6.31. The van der Waals surface area contributed by atoms with Gasteiger partial charge in [0.1, 0.15) is 53.0 Å². The van der Waals surface area contributed by atoms with E-state index in [4.69, 9.17) is 64.7 Å². The Morgan fingerprint density at radius 2 is 0.756 bits per heavy atom. The van der Waals surface area contributed by atoms with E-state index in [0.29, 0.717) is 61.3 Å². The summed E-state index contributed by atoms with van der Waals surface area (Å²) in [6, 6.07) is 17.9. The number of benzene rings is 6. The van der Waals surface area contributed by atoms with Crippen molar-refractivity contribution in [1.29, 1.82) is 0 Å². The lowest BCUT2D eigenvalue weighted by Gasteiger charge is -2.21. The van der Waals surface area contributed by atoms with Gasteiger partial charge in [-0.25, -0.2) is 32.9 Å². The largest absolute Gasteiger partial charge is 0.508 e. The van der Waals surface area contributed by atoms with Crippen molar-refractivity contribution >= 4 is 161 Å². The van der Waals surface area contributed by atoms with Gasteiger partial charge in [0.25, 0.3) is 11.8 Å². The van der Waals surface area contributed by atoms with Gasteiger partial charge in [-0.1, -0.05) is 34.8 Å². The van der Waals surface area contributed by atoms with Crippen molar-refractivity contribution in [3.05, 3.63) is 156 Å². The van der Waals surface area contributed by atoms with Crippen molar-refractivity contribution in [2.24, 2.45) is 20.7 Å². The molecule has 50 heteroatoms. The zero-order valence-electron chi connectivity index (χ0n) is 67.3. The van der Waals surface area contributed by atoms with Crippen molar-refractivity contribution in [2.75, 3.05) is 88.1 Å². The molecule has 6 atom stereocenters. The van der Waals surface area contributed by atoms with Crippen molar-refractivity contribution in [3.8, 4) is 34.5 Å². The molecule has 0 bridgehead atoms. The molecule has 3 aliphatic heterocycles. The molecule has 0 saturated carbocycles. The summed E-state index contributed by atoms with van der Waals surface area (Å²) in [6.45, 7) is 7.70. The zero-order valence-corrected chi connectivity index (χ0v) is 71.2. The van der Waals surface area contributed by atoms with Crippen LogP contribution in [0.3, 0.4) is 0 Å². The van der Waals surface area contributed by atoms with E-state index in [1.165, 1.54) is 78.9 Å². The standard InChI is InChI=1S/C25H29ClFN5O6.C23H25ClFN5O6.C14H19ClN2O4.C11H12FN3O3.2C2HF3O.2ClH/c1-3-38-22(35)9-20(19-7-15(26)4-13(2)23(19)36)32-21(34)12-28-24(37)14-5-17(8-18(33)6-14)31-25-29-10-16(27)11-30-25;1-11-2-13(24)5-17(21(11)35)18(7-20(33)34)30-19(32)10-26-22(36)12-3-15(6-16(31)4-12)29-23-27-8-14(25)9-28-23;1-3-21-13(19)6-11(17-12(18)7-16)10-5-9(15)4-8(2)14(10)20;12-7-4-13-11(14-5-7)15-8-1-6(10(17)18)2-9(16)3-8;2*3-2(4,5)1-6;;/h4-8,16,20,33,36H,3,9-12H2,1-2H3,(H,28,37)(H,32,34)(H2,29,30,31);2-6,14,18,31,35H,7-10H2,1H3,(H,26,36)(H,30,32)(H,33,34)(H2,27,28,29);4-5,11,20H,3,6-7,16H2,1-2H3,(H,17,18);1-3,7,16H,4-5H2,(H,17,18)(H2,13,14,15);2*1H;2*1H/t;;11-;;;;;/m..0...../s1. The topological polar surface area (TPSA) is 564 Å². The van der Waals surface area contributed by atoms with Crippen LogP contribution in [0.1, 0.15) is 116 Å². The summed E-state index contributed by atoms with van der Waals surface area (Å²) in [4.78, 5) is 137. The van der Waals surface area contributed by atoms with Gasteiger partial charge in [0.05, 0.1) is 115 Å². The molecule has 696 valence electrons. The number of nitrogens with one attached hydrogen (secondary N) is 11. The monoisotopic (exact) mass is 1910 g/mol. The highest BCUT2D eigenvalue weighted by Crippen LogP contribution is 2.37. The van der Waals surface area contributed by atoms with Crippen LogP contribution in [0.15, 0.2) is 106 Å². The lowest BCUT2D eigenvalue weighted by Crippen LogP contribution is -2.41. The van der Waals surface area contributed by atoms with Crippen LogP contribution in [0, 0.1) is 20.8 Å². The maximum atomic E-state index is 13.2. The van der Waals surface area contributed by atoms with Crippen molar-refractivity contribution in [2.45, 2.75) is 103 Å². The van der Waals surface area contributed by atoms with Gasteiger partial charge in [-0.2, -0.15) is 26.3 Å². The molecule has 127 heavy (non-hydrogen) atoms. The van der Waals surface area contributed by atoms with Crippen LogP contribution in [-0.2, 0) is 47.8 Å². The molecule has 3 heterocycles. The second kappa shape index (κ2) is 53.6. The number of alkyl halides is 9. The molecule has 3 aliphatic rings. The third-order valence-electron chi connectivity index (χ3n) is 16.1. The van der Waals surface area contributed by atoms with Gasteiger partial charge in [0, 0.05) is 78.1 Å². The summed E-state index contributed by atoms with van der Waals surface area (Å²) < 4.78 is 112. The first-order chi connectivity index (χ1) is 58.6. The fraction of sp³-hybridized carbons (Fsp3) is 0.351. The normalized spacial score (nSPS) is 14.8. The van der Waals surface area contributed by atoms with E-state index in [1.54, 1.807) is 40.7 Å². The first-order valence-electron chi connectivity index (χ1n) is 36.7. The second-order valence-electron chi connectivity index (χ2n) is 26.3. The number of aromatic hydroxyl groups is 6. The van der Waals surface area contributed by atoms with E-state index < -0.39 is 134 Å². The number of carboxylic acids is 2. The Morgan fingerprint density at radius 1 is 0.472 bits per heavy atom. The number of rotatable bonds is 25. The number of aliphatic imine (C=N–C) groups is 3. The number of hydrogen-bond acceptors (Lipinski definition) is 29. The second-order valence-corrected chi connectivity index (χ2v) is 27.6. The number of guanidine groups is 3. The van der Waals surface area contributed by atoms with Gasteiger partial charge in [-0.3, -0.25) is 47.9 Å². The molecular weight excluding hydrogens is 1820 g/mol. The Labute approximate surface area is 744 Å². The number of nitrogens with two attached hydrogens (primary N) is 1. The Kier molecular flexibility index (Phi) is 46.5. The minimum atomic E-state index is -4.64. The van der Waals surface area contributed by atoms with Crippen molar-refractivity contribution in [3.63, 3.8) is 0 Å². The maximum absolute atomic E-state index is 13.2. The number of aldehydes is 2. The van der Waals surface area contributed by atoms with Crippen molar-refractivity contribution in [1.82, 2.24) is 42.5 Å². The average molecular weight is 1910 g/mol. The van der Waals surface area contributed by atoms with Gasteiger partial charge in [0.15, 0.2) is 17.9 Å². The predicted octanol–water partition coefficient (Wildman–Crippen LogP) is 8.70. The smallest absolute Gasteiger partial charge is 0.446 e. The minimum Gasteiger partial charge on any atom is -0.508 e. The van der Waals surface area contributed by atoms with Gasteiger partial charge < -0.3 is 115 Å². The van der Waals surface area contributed by atoms with Gasteiger partial charge in [0.2, 0.25) is 30.3 Å². The molecule has 21 N–H and O–H groups in total. The number of halogens is 14. The molecule has 0 spiro atoms. The number of carbonyl (C=O) groups is 11. The molecule has 6 aromatic rings. The minimum absolute atomic E-state index is 0. The number of phenolic OH excluding ortho intramolecular Hbond substituents is 6. The number of carbonyl (C=O) groups excluding carboxylic acids is 9. The van der Waals surface area contributed by atoms with E-state index in [0.717, 1.165) is 6.07 Å². The number of aromatic carboxylic acids is 1. The fourth-order valence-corrected chi connectivity index (χ4v) is 11.5. The highest BCUT2D eigenvalue weighted by atomic mass is 35.5. The number of esters is 2. The zero-order chi connectivity index (χ0) is 93.8. The van der Waals surface area contributed by atoms with Crippen LogP contribution in [0.4, 0.5) is 56.6 Å². The van der Waals surface area contributed by atoms with Crippen LogP contribution in [0.2, 0.25) is 15.1 Å². The fourth-order valence-electron chi connectivity index (χ4n) is 10.7. The Hall–Kier alpha value is -12.7. The molecule has 0 fully saturated rings. The average Bonchev–Trinajstić information content (AvgIpc) is 0.831. The molecule has 0 aliphatic carbocycles. The first kappa shape index (κ1) is 110. The summed E-state index contributed by atoms with van der Waals surface area (Å²) in [7, 11) is 0. The van der Waals surface area contributed by atoms with Crippen LogP contribution in [0.5, 0.6) is 34.5 Å². The molecule has 5 amide bonds. The molecule has 0 radical (unpaired) electrons. The quantitative estimate of drug-likeness (QED) is 0.0145. The van der Waals surface area contributed by atoms with Gasteiger partial charge in [-0.05, 0) is 124 Å². The highest BCUT2D eigenvalue weighted by Gasteiger charge is 2.30. The van der Waals surface area contributed by atoms with E-state index in [1.807, 2.05) is 0 Å². The van der Waals surface area contributed by atoms with E-state index in [-0.39, 0.29) is 170 Å². The summed E-state index contributed by atoms with van der Waals surface area (Å²) in [5, 5.41) is 109. The van der Waals surface area contributed by atoms with Crippen LogP contribution >= 0.6 is 59.6 Å². The number of ether oxygens (including phenoxy) is 2. The number of anilines is 3. The first-order valence-corrected chi connectivity index (χ1v) is 37.8. The van der Waals surface area contributed by atoms with Crippen LogP contribution in [-0.4, -0.2) is 228 Å². The summed E-state index contributed by atoms with van der Waals surface area (Å²) in [6.07, 6.45) is -15.5. The molecular formula is C77H89Cl5F9N15O21. The maximum Gasteiger partial charge on any atom is 0.446 e. The Bertz CT molecular complexity index is 4910. The lowest BCUT2D eigenvalue weighted by molar-refractivity contribution is -0.156. The molecule has 0 saturated heterocycles. The van der Waals surface area contributed by atoms with E-state index in [9.17, 15) is 118 Å². The summed E-state index contributed by atoms with van der Waals surface area (Å²) in [5.41, 5.74) is 8.42. The van der Waals surface area contributed by atoms with Crippen molar-refractivity contribution < 1.29 is 143 Å².